The van der Waals surface area contributed by atoms with Gasteiger partial charge in [0.15, 0.2) is 0 Å². The summed E-state index contributed by atoms with van der Waals surface area (Å²) in [6.07, 6.45) is 4.42. The van der Waals surface area contributed by atoms with Gasteiger partial charge in [-0.25, -0.2) is 0 Å². The van der Waals surface area contributed by atoms with E-state index < -0.39 is 0 Å². The third-order valence-corrected chi connectivity index (χ3v) is 3.85. The van der Waals surface area contributed by atoms with E-state index in [2.05, 4.69) is 16.0 Å². The molecule has 0 saturated carbocycles. The van der Waals surface area contributed by atoms with Crippen LogP contribution in [0.15, 0.2) is 18.3 Å². The Morgan fingerprint density at radius 3 is 2.89 bits per heavy atom. The van der Waals surface area contributed by atoms with E-state index in [1.165, 1.54) is 5.69 Å². The molecule has 0 aliphatic carbocycles. The molecule has 5 nitrogen and oxygen atoms in total. The Hall–Kier alpha value is -1.33. The van der Waals surface area contributed by atoms with Crippen molar-refractivity contribution in [3.8, 4) is 0 Å². The van der Waals surface area contributed by atoms with Crippen molar-refractivity contribution >= 4 is 5.91 Å². The number of nitrogens with two attached hydrogens (primary N) is 1. The lowest BCUT2D eigenvalue weighted by molar-refractivity contribution is -0.119. The van der Waals surface area contributed by atoms with Crippen molar-refractivity contribution in [2.75, 3.05) is 13.2 Å². The molecule has 1 saturated heterocycles. The zero-order valence-corrected chi connectivity index (χ0v) is 11.5. The number of primary amides is 1. The number of rotatable bonds is 6. The number of aryl methyl sites for hydroxylation is 1. The number of carbonyl (C=O) groups excluding carboxylic acids is 1. The van der Waals surface area contributed by atoms with E-state index in [-0.39, 0.29) is 11.9 Å². The van der Waals surface area contributed by atoms with Crippen molar-refractivity contribution in [1.82, 2.24) is 9.88 Å². The number of amides is 1. The van der Waals surface area contributed by atoms with E-state index in [9.17, 15) is 4.79 Å². The van der Waals surface area contributed by atoms with Crippen molar-refractivity contribution < 1.29 is 9.53 Å². The van der Waals surface area contributed by atoms with Crippen LogP contribution in [0, 0.1) is 5.92 Å². The van der Waals surface area contributed by atoms with Crippen molar-refractivity contribution in [1.29, 1.82) is 0 Å². The Morgan fingerprint density at radius 1 is 1.58 bits per heavy atom. The predicted molar refractivity (Wildman–Crippen MR) is 73.4 cm³/mol. The second-order valence-corrected chi connectivity index (χ2v) is 5.22. The number of carbonyl (C=O) groups is 1. The van der Waals surface area contributed by atoms with Crippen LogP contribution in [-0.2, 0) is 23.1 Å². The van der Waals surface area contributed by atoms with Gasteiger partial charge < -0.3 is 20.4 Å². The summed E-state index contributed by atoms with van der Waals surface area (Å²) in [5.74, 6) is 0.234. The highest BCUT2D eigenvalue weighted by atomic mass is 16.5. The lowest BCUT2D eigenvalue weighted by Crippen LogP contribution is -2.41. The number of nitrogens with zero attached hydrogens (tertiary/aromatic N) is 1. The number of hydrogen-bond acceptors (Lipinski definition) is 3. The Kier molecular flexibility index (Phi) is 4.99. The van der Waals surface area contributed by atoms with Gasteiger partial charge in [-0.1, -0.05) is 0 Å². The molecule has 1 atom stereocenters. The molecule has 3 N–H and O–H groups in total. The van der Waals surface area contributed by atoms with Crippen LogP contribution in [0.1, 0.15) is 25.0 Å². The van der Waals surface area contributed by atoms with Crippen LogP contribution >= 0.6 is 0 Å². The lowest BCUT2D eigenvalue weighted by atomic mass is 9.89. The summed E-state index contributed by atoms with van der Waals surface area (Å²) in [6.45, 7) is 2.33. The maximum Gasteiger partial charge on any atom is 0.218 e. The Labute approximate surface area is 114 Å². The van der Waals surface area contributed by atoms with Crippen molar-refractivity contribution in [2.24, 2.45) is 18.7 Å². The minimum atomic E-state index is -0.240. The first-order valence-electron chi connectivity index (χ1n) is 6.86. The SMILES string of the molecule is Cn1cccc1CNC(CC(N)=O)C1CCOCC1. The number of nitrogens with one attached hydrogen (secondary N) is 1. The fourth-order valence-corrected chi connectivity index (χ4v) is 2.66. The molecule has 19 heavy (non-hydrogen) atoms. The van der Waals surface area contributed by atoms with Gasteiger partial charge in [-0.3, -0.25) is 4.79 Å². The van der Waals surface area contributed by atoms with Gasteiger partial charge in [0, 0.05) is 51.2 Å². The Bertz CT molecular complexity index is 411. The highest BCUT2D eigenvalue weighted by molar-refractivity contribution is 5.74. The Balaban J connectivity index is 1.93. The van der Waals surface area contributed by atoms with Gasteiger partial charge in [-0.05, 0) is 30.9 Å². The van der Waals surface area contributed by atoms with Crippen LogP contribution in [-0.4, -0.2) is 29.7 Å². The molecule has 1 aliphatic heterocycles. The van der Waals surface area contributed by atoms with Crippen molar-refractivity contribution in [2.45, 2.75) is 31.8 Å². The van der Waals surface area contributed by atoms with E-state index in [1.54, 1.807) is 0 Å². The molecular formula is C14H23N3O2. The van der Waals surface area contributed by atoms with Gasteiger partial charge in [-0.15, -0.1) is 0 Å². The third kappa shape index (κ3) is 4.08. The number of aromatic nitrogens is 1. The summed E-state index contributed by atoms with van der Waals surface area (Å²) >= 11 is 0. The monoisotopic (exact) mass is 265 g/mol. The zero-order chi connectivity index (χ0) is 13.7. The van der Waals surface area contributed by atoms with Gasteiger partial charge >= 0.3 is 0 Å². The van der Waals surface area contributed by atoms with Gasteiger partial charge in [0.2, 0.25) is 5.91 Å². The molecule has 0 spiro atoms. The molecule has 5 heteroatoms. The second kappa shape index (κ2) is 6.73. The fraction of sp³-hybridized carbons (Fsp3) is 0.643. The van der Waals surface area contributed by atoms with Crippen LogP contribution in [0.25, 0.3) is 0 Å². The molecule has 1 fully saturated rings. The molecule has 0 bridgehead atoms. The molecule has 1 aliphatic rings. The van der Waals surface area contributed by atoms with E-state index in [1.807, 2.05) is 19.3 Å². The van der Waals surface area contributed by atoms with E-state index >= 15 is 0 Å². The maximum atomic E-state index is 11.2. The first-order valence-corrected chi connectivity index (χ1v) is 6.86. The average molecular weight is 265 g/mol. The van der Waals surface area contributed by atoms with Gasteiger partial charge in [-0.2, -0.15) is 0 Å². The maximum absolute atomic E-state index is 11.2. The number of hydrogen-bond donors (Lipinski definition) is 2. The molecule has 1 unspecified atom stereocenters. The Morgan fingerprint density at radius 2 is 2.32 bits per heavy atom. The molecule has 106 valence electrons. The largest absolute Gasteiger partial charge is 0.381 e. The molecule has 2 heterocycles. The van der Waals surface area contributed by atoms with Crippen LogP contribution in [0.4, 0.5) is 0 Å². The van der Waals surface area contributed by atoms with Crippen molar-refractivity contribution in [3.05, 3.63) is 24.0 Å². The molecule has 1 amide bonds. The number of ether oxygens (including phenoxy) is 1. The molecule has 2 rings (SSSR count). The predicted octanol–water partition coefficient (Wildman–Crippen LogP) is 0.785. The highest BCUT2D eigenvalue weighted by Crippen LogP contribution is 2.21. The van der Waals surface area contributed by atoms with Gasteiger partial charge in [0.1, 0.15) is 0 Å². The first kappa shape index (κ1) is 14.1. The molecule has 1 aromatic rings. The summed E-state index contributed by atoms with van der Waals surface area (Å²) in [7, 11) is 2.02. The summed E-state index contributed by atoms with van der Waals surface area (Å²) < 4.78 is 7.46. The molecule has 0 radical (unpaired) electrons. The van der Waals surface area contributed by atoms with Crippen LogP contribution < -0.4 is 11.1 Å². The third-order valence-electron chi connectivity index (χ3n) is 3.85. The zero-order valence-electron chi connectivity index (χ0n) is 11.5. The van der Waals surface area contributed by atoms with Gasteiger partial charge in [0.25, 0.3) is 0 Å². The summed E-state index contributed by atoms with van der Waals surface area (Å²) in [4.78, 5) is 11.2. The molecule has 1 aromatic heterocycles. The minimum absolute atomic E-state index is 0.149. The van der Waals surface area contributed by atoms with E-state index in [0.717, 1.165) is 32.6 Å². The summed E-state index contributed by atoms with van der Waals surface area (Å²) in [5, 5.41) is 3.49. The van der Waals surface area contributed by atoms with Crippen molar-refractivity contribution in [3.63, 3.8) is 0 Å². The minimum Gasteiger partial charge on any atom is -0.381 e. The summed E-state index contributed by atoms with van der Waals surface area (Å²) in [5.41, 5.74) is 6.57. The quantitative estimate of drug-likeness (QED) is 0.799. The molecule has 0 aromatic carbocycles. The molecular weight excluding hydrogens is 242 g/mol. The van der Waals surface area contributed by atoms with Crippen LogP contribution in [0.2, 0.25) is 0 Å². The van der Waals surface area contributed by atoms with Crippen LogP contribution in [0.3, 0.4) is 0 Å². The summed E-state index contributed by atoms with van der Waals surface area (Å²) in [6, 6.07) is 4.25. The normalized spacial score (nSPS) is 18.4. The standard InChI is InChI=1S/C14H23N3O2/c1-17-6-2-3-12(17)10-16-13(9-14(15)18)11-4-7-19-8-5-11/h2-3,6,11,13,16H,4-5,7-10H2,1H3,(H2,15,18). The van der Waals surface area contributed by atoms with Gasteiger partial charge in [0.05, 0.1) is 0 Å². The average Bonchev–Trinajstić information content (AvgIpc) is 2.81. The lowest BCUT2D eigenvalue weighted by Gasteiger charge is -2.30. The second-order valence-electron chi connectivity index (χ2n) is 5.22. The highest BCUT2D eigenvalue weighted by Gasteiger charge is 2.25. The smallest absolute Gasteiger partial charge is 0.218 e. The van der Waals surface area contributed by atoms with E-state index in [4.69, 9.17) is 10.5 Å². The topological polar surface area (TPSA) is 69.3 Å². The van der Waals surface area contributed by atoms with Crippen LogP contribution in [0.5, 0.6) is 0 Å². The fourth-order valence-electron chi connectivity index (χ4n) is 2.66. The van der Waals surface area contributed by atoms with E-state index in [0.29, 0.717) is 12.3 Å². The first-order chi connectivity index (χ1) is 9.16.